The number of halogens is 2. The first-order valence-corrected chi connectivity index (χ1v) is 6.41. The van der Waals surface area contributed by atoms with Crippen LogP contribution in [0.15, 0.2) is 28.7 Å². The Kier molecular flexibility index (Phi) is 6.89. The molecule has 3 N–H and O–H groups in total. The van der Waals surface area contributed by atoms with E-state index in [-0.39, 0.29) is 23.7 Å². The van der Waals surface area contributed by atoms with E-state index in [2.05, 4.69) is 47.2 Å². The monoisotopic (exact) mass is 334 g/mol. The number of nitrogens with one attached hydrogen (secondary N) is 1. The van der Waals surface area contributed by atoms with Crippen molar-refractivity contribution in [2.45, 2.75) is 32.2 Å². The molecule has 0 bridgehead atoms. The number of amides is 1. The molecule has 102 valence electrons. The van der Waals surface area contributed by atoms with Crippen LogP contribution in [0.2, 0.25) is 0 Å². The Hall–Kier alpha value is -0.580. The number of carbonyl (C=O) groups excluding carboxylic acids is 1. The van der Waals surface area contributed by atoms with E-state index in [9.17, 15) is 4.79 Å². The molecule has 1 atom stereocenters. The first-order valence-electron chi connectivity index (χ1n) is 5.62. The summed E-state index contributed by atoms with van der Waals surface area (Å²) in [5, 5.41) is 2.86. The standard InChI is InChI=1S/C13H19BrN2O.ClH/c1-9(15)12(17)16-8-13(2,3)10-4-6-11(14)7-5-10;/h4-7,9H,8,15H2,1-3H3,(H,16,17);1H/t9-;/m1./s1. The summed E-state index contributed by atoms with van der Waals surface area (Å²) in [6.45, 7) is 6.45. The fourth-order valence-corrected chi connectivity index (χ4v) is 1.74. The molecule has 0 saturated heterocycles. The Balaban J connectivity index is 0.00000289. The van der Waals surface area contributed by atoms with Gasteiger partial charge in [-0.25, -0.2) is 0 Å². The molecule has 0 aliphatic rings. The summed E-state index contributed by atoms with van der Waals surface area (Å²) >= 11 is 3.41. The molecular weight excluding hydrogens is 316 g/mol. The van der Waals surface area contributed by atoms with Crippen LogP contribution in [-0.2, 0) is 10.2 Å². The number of carbonyl (C=O) groups is 1. The van der Waals surface area contributed by atoms with Crippen LogP contribution in [0.1, 0.15) is 26.3 Å². The van der Waals surface area contributed by atoms with Gasteiger partial charge in [-0.1, -0.05) is 41.9 Å². The lowest BCUT2D eigenvalue weighted by Crippen LogP contribution is -2.43. The number of hydrogen-bond acceptors (Lipinski definition) is 2. The second-order valence-electron chi connectivity index (χ2n) is 4.90. The fraction of sp³-hybridized carbons (Fsp3) is 0.462. The molecule has 1 aromatic carbocycles. The Bertz CT molecular complexity index is 390. The van der Waals surface area contributed by atoms with Crippen LogP contribution in [0.25, 0.3) is 0 Å². The molecule has 0 aromatic heterocycles. The van der Waals surface area contributed by atoms with Gasteiger partial charge in [-0.05, 0) is 24.6 Å². The van der Waals surface area contributed by atoms with E-state index < -0.39 is 6.04 Å². The van der Waals surface area contributed by atoms with Crippen LogP contribution in [0, 0.1) is 0 Å². The highest BCUT2D eigenvalue weighted by Crippen LogP contribution is 2.23. The Labute approximate surface area is 123 Å². The predicted octanol–water partition coefficient (Wildman–Crippen LogP) is 2.61. The van der Waals surface area contributed by atoms with Crippen molar-refractivity contribution in [1.29, 1.82) is 0 Å². The molecule has 1 amide bonds. The van der Waals surface area contributed by atoms with Crippen molar-refractivity contribution >= 4 is 34.2 Å². The van der Waals surface area contributed by atoms with Crippen LogP contribution in [0.5, 0.6) is 0 Å². The van der Waals surface area contributed by atoms with Gasteiger partial charge >= 0.3 is 0 Å². The van der Waals surface area contributed by atoms with Gasteiger partial charge in [-0.3, -0.25) is 4.79 Å². The molecule has 0 unspecified atom stereocenters. The third kappa shape index (κ3) is 4.96. The lowest BCUT2D eigenvalue weighted by Gasteiger charge is -2.26. The number of rotatable bonds is 4. The van der Waals surface area contributed by atoms with Gasteiger partial charge in [-0.2, -0.15) is 0 Å². The van der Waals surface area contributed by atoms with Gasteiger partial charge in [0.15, 0.2) is 0 Å². The predicted molar refractivity (Wildman–Crippen MR) is 81.1 cm³/mol. The minimum atomic E-state index is -0.462. The number of hydrogen-bond donors (Lipinski definition) is 2. The van der Waals surface area contributed by atoms with Crippen molar-refractivity contribution in [3.05, 3.63) is 34.3 Å². The maximum absolute atomic E-state index is 11.4. The molecule has 0 saturated carbocycles. The van der Waals surface area contributed by atoms with Gasteiger partial charge in [-0.15, -0.1) is 12.4 Å². The van der Waals surface area contributed by atoms with Gasteiger partial charge in [0.1, 0.15) is 0 Å². The average Bonchev–Trinajstić information content (AvgIpc) is 2.26. The first-order chi connectivity index (χ1) is 7.83. The highest BCUT2D eigenvalue weighted by atomic mass is 79.9. The van der Waals surface area contributed by atoms with E-state index in [0.717, 1.165) is 4.47 Å². The van der Waals surface area contributed by atoms with E-state index in [1.807, 2.05) is 12.1 Å². The van der Waals surface area contributed by atoms with Crippen molar-refractivity contribution < 1.29 is 4.79 Å². The highest BCUT2D eigenvalue weighted by Gasteiger charge is 2.21. The molecule has 0 aliphatic heterocycles. The van der Waals surface area contributed by atoms with Crippen LogP contribution in [0.3, 0.4) is 0 Å². The van der Waals surface area contributed by atoms with E-state index in [0.29, 0.717) is 6.54 Å². The normalized spacial score (nSPS) is 12.5. The zero-order valence-corrected chi connectivity index (χ0v) is 13.3. The molecular formula is C13H20BrClN2O. The summed E-state index contributed by atoms with van der Waals surface area (Å²) in [4.78, 5) is 11.4. The lowest BCUT2D eigenvalue weighted by molar-refractivity contribution is -0.122. The van der Waals surface area contributed by atoms with Gasteiger partial charge < -0.3 is 11.1 Å². The second-order valence-corrected chi connectivity index (χ2v) is 5.81. The Morgan fingerprint density at radius 1 is 1.39 bits per heavy atom. The zero-order chi connectivity index (χ0) is 13.1. The molecule has 5 heteroatoms. The van der Waals surface area contributed by atoms with Crippen LogP contribution in [-0.4, -0.2) is 18.5 Å². The lowest BCUT2D eigenvalue weighted by atomic mass is 9.84. The smallest absolute Gasteiger partial charge is 0.236 e. The van der Waals surface area contributed by atoms with E-state index in [4.69, 9.17) is 5.73 Å². The maximum Gasteiger partial charge on any atom is 0.236 e. The van der Waals surface area contributed by atoms with Crippen molar-refractivity contribution in [3.8, 4) is 0 Å². The SMILES string of the molecule is C[C@@H](N)C(=O)NCC(C)(C)c1ccc(Br)cc1.Cl. The van der Waals surface area contributed by atoms with Gasteiger partial charge in [0, 0.05) is 16.4 Å². The summed E-state index contributed by atoms with van der Waals surface area (Å²) < 4.78 is 1.05. The quantitative estimate of drug-likeness (QED) is 0.888. The molecule has 0 radical (unpaired) electrons. The molecule has 0 aliphatic carbocycles. The number of nitrogens with two attached hydrogens (primary N) is 1. The molecule has 3 nitrogen and oxygen atoms in total. The number of benzene rings is 1. The second kappa shape index (κ2) is 7.12. The third-order valence-electron chi connectivity index (χ3n) is 2.74. The van der Waals surface area contributed by atoms with Gasteiger partial charge in [0.25, 0.3) is 0 Å². The van der Waals surface area contributed by atoms with Gasteiger partial charge in [0.05, 0.1) is 6.04 Å². The van der Waals surface area contributed by atoms with Crippen LogP contribution < -0.4 is 11.1 Å². The minimum absolute atomic E-state index is 0. The average molecular weight is 336 g/mol. The summed E-state index contributed by atoms with van der Waals surface area (Å²) in [5.41, 5.74) is 6.59. The van der Waals surface area contributed by atoms with Crippen molar-refractivity contribution in [1.82, 2.24) is 5.32 Å². The van der Waals surface area contributed by atoms with E-state index in [1.165, 1.54) is 5.56 Å². The van der Waals surface area contributed by atoms with Crippen molar-refractivity contribution in [3.63, 3.8) is 0 Å². The molecule has 0 fully saturated rings. The zero-order valence-electron chi connectivity index (χ0n) is 10.9. The highest BCUT2D eigenvalue weighted by molar-refractivity contribution is 9.10. The molecule has 0 heterocycles. The molecule has 1 rings (SSSR count). The summed E-state index contributed by atoms with van der Waals surface area (Å²) in [5.74, 6) is -0.116. The van der Waals surface area contributed by atoms with Crippen LogP contribution in [0.4, 0.5) is 0 Å². The van der Waals surface area contributed by atoms with Crippen molar-refractivity contribution in [2.24, 2.45) is 5.73 Å². The molecule has 1 aromatic rings. The van der Waals surface area contributed by atoms with E-state index >= 15 is 0 Å². The summed E-state index contributed by atoms with van der Waals surface area (Å²) in [7, 11) is 0. The van der Waals surface area contributed by atoms with E-state index in [1.54, 1.807) is 6.92 Å². The Morgan fingerprint density at radius 3 is 2.33 bits per heavy atom. The van der Waals surface area contributed by atoms with Gasteiger partial charge in [0.2, 0.25) is 5.91 Å². The fourth-order valence-electron chi connectivity index (χ4n) is 1.47. The maximum atomic E-state index is 11.4. The molecule has 0 spiro atoms. The largest absolute Gasteiger partial charge is 0.354 e. The topological polar surface area (TPSA) is 55.1 Å². The van der Waals surface area contributed by atoms with Crippen molar-refractivity contribution in [2.75, 3.05) is 6.54 Å². The summed E-state index contributed by atoms with van der Waals surface area (Å²) in [6.07, 6.45) is 0. The summed E-state index contributed by atoms with van der Waals surface area (Å²) in [6, 6.07) is 7.66. The minimum Gasteiger partial charge on any atom is -0.354 e. The Morgan fingerprint density at radius 2 is 1.89 bits per heavy atom. The molecule has 18 heavy (non-hydrogen) atoms. The first kappa shape index (κ1) is 17.4. The third-order valence-corrected chi connectivity index (χ3v) is 3.27. The van der Waals surface area contributed by atoms with Crippen LogP contribution >= 0.6 is 28.3 Å².